The maximum Gasteiger partial charge on any atom is 0.274 e. The molecule has 19 heavy (non-hydrogen) atoms. The Bertz CT molecular complexity index is 431. The molecule has 0 saturated heterocycles. The lowest BCUT2D eigenvalue weighted by Crippen LogP contribution is -2.37. The number of benzene rings is 1. The van der Waals surface area contributed by atoms with Gasteiger partial charge in [-0.05, 0) is 25.8 Å². The molecule has 0 atom stereocenters. The molecule has 0 bridgehead atoms. The van der Waals surface area contributed by atoms with E-state index in [0.29, 0.717) is 12.1 Å². The van der Waals surface area contributed by atoms with Crippen LogP contribution < -0.4 is 4.90 Å². The van der Waals surface area contributed by atoms with Crippen LogP contribution in [-0.2, 0) is 0 Å². The molecular weight excluding hydrogens is 244 g/mol. The third kappa shape index (κ3) is 3.44. The standard InChI is InChI=1S/C14H22N2O3/c1-4-12(5-2)15(9-10-17)13-7-6-8-14(11(13)3)16(18)19/h6-8,12,17H,4-5,9-10H2,1-3H3. The normalized spacial score (nSPS) is 10.8. The van der Waals surface area contributed by atoms with E-state index in [2.05, 4.69) is 18.7 Å². The molecular formula is C14H22N2O3. The van der Waals surface area contributed by atoms with Gasteiger partial charge < -0.3 is 10.0 Å². The second-order valence-corrected chi connectivity index (χ2v) is 4.57. The number of nitro benzene ring substituents is 1. The van der Waals surface area contributed by atoms with Crippen molar-refractivity contribution in [3.63, 3.8) is 0 Å². The van der Waals surface area contributed by atoms with Crippen molar-refractivity contribution >= 4 is 11.4 Å². The third-order valence-electron chi connectivity index (χ3n) is 3.51. The molecule has 106 valence electrons. The highest BCUT2D eigenvalue weighted by Crippen LogP contribution is 2.30. The quantitative estimate of drug-likeness (QED) is 0.608. The summed E-state index contributed by atoms with van der Waals surface area (Å²) in [5.41, 5.74) is 1.64. The van der Waals surface area contributed by atoms with Crippen molar-refractivity contribution in [3.05, 3.63) is 33.9 Å². The van der Waals surface area contributed by atoms with Crippen LogP contribution in [0.3, 0.4) is 0 Å². The van der Waals surface area contributed by atoms with Gasteiger partial charge in [0.2, 0.25) is 0 Å². The largest absolute Gasteiger partial charge is 0.395 e. The first-order valence-electron chi connectivity index (χ1n) is 6.68. The highest BCUT2D eigenvalue weighted by molar-refractivity contribution is 5.62. The van der Waals surface area contributed by atoms with Crippen molar-refractivity contribution in [2.24, 2.45) is 0 Å². The minimum Gasteiger partial charge on any atom is -0.395 e. The number of hydrogen-bond donors (Lipinski definition) is 1. The Morgan fingerprint density at radius 1 is 1.37 bits per heavy atom. The molecule has 5 nitrogen and oxygen atoms in total. The zero-order valence-corrected chi connectivity index (χ0v) is 11.8. The van der Waals surface area contributed by atoms with E-state index in [1.165, 1.54) is 6.07 Å². The maximum atomic E-state index is 11.0. The fourth-order valence-corrected chi connectivity index (χ4v) is 2.46. The van der Waals surface area contributed by atoms with Crippen molar-refractivity contribution in [1.29, 1.82) is 0 Å². The van der Waals surface area contributed by atoms with Gasteiger partial charge in [-0.25, -0.2) is 0 Å². The van der Waals surface area contributed by atoms with Crippen LogP contribution in [0.4, 0.5) is 11.4 Å². The summed E-state index contributed by atoms with van der Waals surface area (Å²) in [7, 11) is 0. The van der Waals surface area contributed by atoms with Crippen LogP contribution in [0, 0.1) is 17.0 Å². The van der Waals surface area contributed by atoms with Crippen LogP contribution in [0.5, 0.6) is 0 Å². The Kier molecular flexibility index (Phi) is 5.76. The molecule has 1 N–H and O–H groups in total. The van der Waals surface area contributed by atoms with E-state index in [9.17, 15) is 15.2 Å². The van der Waals surface area contributed by atoms with Crippen LogP contribution >= 0.6 is 0 Å². The summed E-state index contributed by atoms with van der Waals surface area (Å²) in [6.45, 7) is 6.48. The smallest absolute Gasteiger partial charge is 0.274 e. The monoisotopic (exact) mass is 266 g/mol. The fourth-order valence-electron chi connectivity index (χ4n) is 2.46. The lowest BCUT2D eigenvalue weighted by molar-refractivity contribution is -0.385. The lowest BCUT2D eigenvalue weighted by atomic mass is 10.1. The highest BCUT2D eigenvalue weighted by Gasteiger charge is 2.21. The molecule has 0 aliphatic rings. The summed E-state index contributed by atoms with van der Waals surface area (Å²) in [6, 6.07) is 5.39. The molecule has 0 aliphatic heterocycles. The molecule has 0 unspecified atom stereocenters. The Balaban J connectivity index is 3.22. The number of hydrogen-bond acceptors (Lipinski definition) is 4. The van der Waals surface area contributed by atoms with Gasteiger partial charge in [0.25, 0.3) is 5.69 Å². The minimum atomic E-state index is -0.358. The summed E-state index contributed by atoms with van der Waals surface area (Å²) in [4.78, 5) is 12.7. The number of aliphatic hydroxyl groups excluding tert-OH is 1. The second kappa shape index (κ2) is 7.09. The molecule has 0 aliphatic carbocycles. The number of aliphatic hydroxyl groups is 1. The number of rotatable bonds is 7. The SMILES string of the molecule is CCC(CC)N(CCO)c1cccc([N+](=O)[O-])c1C. The van der Waals surface area contributed by atoms with E-state index in [-0.39, 0.29) is 23.3 Å². The Labute approximate surface area is 114 Å². The zero-order valence-electron chi connectivity index (χ0n) is 11.8. The number of anilines is 1. The van der Waals surface area contributed by atoms with Gasteiger partial charge in [-0.2, -0.15) is 0 Å². The van der Waals surface area contributed by atoms with Crippen molar-refractivity contribution < 1.29 is 10.0 Å². The number of nitrogens with zero attached hydrogens (tertiary/aromatic N) is 2. The van der Waals surface area contributed by atoms with Gasteiger partial charge in [-0.15, -0.1) is 0 Å². The Morgan fingerprint density at radius 2 is 2.00 bits per heavy atom. The first-order chi connectivity index (χ1) is 9.06. The first-order valence-corrected chi connectivity index (χ1v) is 6.68. The van der Waals surface area contributed by atoms with Gasteiger partial charge in [-0.3, -0.25) is 10.1 Å². The summed E-state index contributed by atoms with van der Waals surface area (Å²) >= 11 is 0. The van der Waals surface area contributed by atoms with Crippen LogP contribution in [0.1, 0.15) is 32.3 Å². The van der Waals surface area contributed by atoms with E-state index >= 15 is 0 Å². The van der Waals surface area contributed by atoms with E-state index in [0.717, 1.165) is 18.5 Å². The summed E-state index contributed by atoms with van der Waals surface area (Å²) in [6.07, 6.45) is 1.89. The van der Waals surface area contributed by atoms with E-state index in [4.69, 9.17) is 0 Å². The zero-order chi connectivity index (χ0) is 14.4. The van der Waals surface area contributed by atoms with Gasteiger partial charge in [-0.1, -0.05) is 19.9 Å². The van der Waals surface area contributed by atoms with E-state index in [1.807, 2.05) is 6.07 Å². The van der Waals surface area contributed by atoms with Gasteiger partial charge in [0.1, 0.15) is 0 Å². The molecule has 1 aromatic carbocycles. The topological polar surface area (TPSA) is 66.6 Å². The average molecular weight is 266 g/mol. The summed E-state index contributed by atoms with van der Waals surface area (Å²) < 4.78 is 0. The summed E-state index contributed by atoms with van der Waals surface area (Å²) in [5.74, 6) is 0. The predicted octanol–water partition coefficient (Wildman–Crippen LogP) is 2.89. The van der Waals surface area contributed by atoms with Crippen LogP contribution in [0.25, 0.3) is 0 Å². The molecule has 0 aromatic heterocycles. The fraction of sp³-hybridized carbons (Fsp3) is 0.571. The predicted molar refractivity (Wildman–Crippen MR) is 76.6 cm³/mol. The molecule has 1 aromatic rings. The Morgan fingerprint density at radius 3 is 2.47 bits per heavy atom. The summed E-state index contributed by atoms with van der Waals surface area (Å²) in [5, 5.41) is 20.2. The highest BCUT2D eigenvalue weighted by atomic mass is 16.6. The molecule has 5 heteroatoms. The minimum absolute atomic E-state index is 0.0403. The molecule has 0 fully saturated rings. The van der Waals surface area contributed by atoms with Crippen molar-refractivity contribution in [3.8, 4) is 0 Å². The molecule has 0 saturated carbocycles. The van der Waals surface area contributed by atoms with Gasteiger partial charge in [0.15, 0.2) is 0 Å². The van der Waals surface area contributed by atoms with Crippen molar-refractivity contribution in [1.82, 2.24) is 0 Å². The van der Waals surface area contributed by atoms with Gasteiger partial charge in [0.05, 0.1) is 17.1 Å². The molecule has 0 heterocycles. The molecule has 0 radical (unpaired) electrons. The lowest BCUT2D eigenvalue weighted by Gasteiger charge is -2.33. The van der Waals surface area contributed by atoms with Gasteiger partial charge >= 0.3 is 0 Å². The molecule has 0 spiro atoms. The number of nitro groups is 1. The average Bonchev–Trinajstić information content (AvgIpc) is 2.39. The van der Waals surface area contributed by atoms with Crippen molar-refractivity contribution in [2.45, 2.75) is 39.7 Å². The Hall–Kier alpha value is -1.62. The molecule has 0 amide bonds. The van der Waals surface area contributed by atoms with Crippen LogP contribution in [0.15, 0.2) is 18.2 Å². The maximum absolute atomic E-state index is 11.0. The van der Waals surface area contributed by atoms with Gasteiger partial charge in [0, 0.05) is 24.3 Å². The van der Waals surface area contributed by atoms with E-state index < -0.39 is 0 Å². The van der Waals surface area contributed by atoms with Crippen molar-refractivity contribution in [2.75, 3.05) is 18.1 Å². The second-order valence-electron chi connectivity index (χ2n) is 4.57. The first kappa shape index (κ1) is 15.4. The third-order valence-corrected chi connectivity index (χ3v) is 3.51. The van der Waals surface area contributed by atoms with Crippen LogP contribution in [-0.4, -0.2) is 29.2 Å². The van der Waals surface area contributed by atoms with E-state index in [1.54, 1.807) is 13.0 Å². The molecule has 1 rings (SSSR count). The van der Waals surface area contributed by atoms with Crippen LogP contribution in [0.2, 0.25) is 0 Å².